The Morgan fingerprint density at radius 3 is 2.77 bits per heavy atom. The van der Waals surface area contributed by atoms with Crippen LogP contribution in [0, 0.1) is 5.82 Å². The fourth-order valence-corrected chi connectivity index (χ4v) is 3.53. The lowest BCUT2D eigenvalue weighted by molar-refractivity contribution is 0.0962. The van der Waals surface area contributed by atoms with E-state index in [-0.39, 0.29) is 11.6 Å². The van der Waals surface area contributed by atoms with Gasteiger partial charge in [-0.1, -0.05) is 12.1 Å². The molecule has 136 valence electrons. The SMILES string of the molecule is O=C(CCN1CCC(c2ccc(F)cc2)C1)c1cc2c(cn1)OCCO2. The molecule has 0 aliphatic carbocycles. The lowest BCUT2D eigenvalue weighted by Crippen LogP contribution is -2.24. The van der Waals surface area contributed by atoms with E-state index < -0.39 is 0 Å². The Morgan fingerprint density at radius 2 is 1.96 bits per heavy atom. The number of likely N-dealkylation sites (tertiary alicyclic amines) is 1. The van der Waals surface area contributed by atoms with Crippen molar-refractivity contribution < 1.29 is 18.7 Å². The Kier molecular flexibility index (Phi) is 4.84. The molecule has 26 heavy (non-hydrogen) atoms. The highest BCUT2D eigenvalue weighted by Crippen LogP contribution is 2.30. The maximum absolute atomic E-state index is 13.1. The summed E-state index contributed by atoms with van der Waals surface area (Å²) in [6, 6.07) is 8.40. The summed E-state index contributed by atoms with van der Waals surface area (Å²) in [6.07, 6.45) is 3.01. The van der Waals surface area contributed by atoms with Gasteiger partial charge in [0.05, 0.1) is 6.20 Å². The second-order valence-electron chi connectivity index (χ2n) is 6.72. The zero-order valence-corrected chi connectivity index (χ0v) is 14.5. The van der Waals surface area contributed by atoms with Gasteiger partial charge in [-0.05, 0) is 36.6 Å². The van der Waals surface area contributed by atoms with Gasteiger partial charge in [0.25, 0.3) is 0 Å². The summed E-state index contributed by atoms with van der Waals surface area (Å²) in [6.45, 7) is 3.54. The van der Waals surface area contributed by atoms with Crippen molar-refractivity contribution in [2.45, 2.75) is 18.8 Å². The maximum Gasteiger partial charge on any atom is 0.182 e. The van der Waals surface area contributed by atoms with Gasteiger partial charge in [-0.2, -0.15) is 0 Å². The molecular formula is C20H21FN2O3. The molecule has 0 amide bonds. The third-order valence-corrected chi connectivity index (χ3v) is 4.98. The Bertz CT molecular complexity index is 794. The molecule has 1 unspecified atom stereocenters. The number of carbonyl (C=O) groups is 1. The molecule has 1 aromatic carbocycles. The van der Waals surface area contributed by atoms with Crippen LogP contribution in [0.5, 0.6) is 11.5 Å². The van der Waals surface area contributed by atoms with Crippen LogP contribution in [-0.4, -0.2) is 48.5 Å². The number of halogens is 1. The van der Waals surface area contributed by atoms with Crippen LogP contribution in [0.25, 0.3) is 0 Å². The van der Waals surface area contributed by atoms with Crippen LogP contribution in [0.1, 0.15) is 34.8 Å². The number of benzene rings is 1. The zero-order valence-electron chi connectivity index (χ0n) is 14.5. The number of Topliss-reactive ketones (excluding diaryl/α,β-unsaturated/α-hetero) is 1. The molecule has 0 spiro atoms. The molecule has 6 heteroatoms. The van der Waals surface area contributed by atoms with Gasteiger partial charge in [0.15, 0.2) is 17.3 Å². The van der Waals surface area contributed by atoms with E-state index in [0.29, 0.717) is 49.3 Å². The van der Waals surface area contributed by atoms with Gasteiger partial charge in [-0.15, -0.1) is 0 Å². The van der Waals surface area contributed by atoms with Crippen molar-refractivity contribution in [3.63, 3.8) is 0 Å². The molecule has 3 heterocycles. The number of carbonyl (C=O) groups excluding carboxylic acids is 1. The van der Waals surface area contributed by atoms with E-state index in [1.165, 1.54) is 12.1 Å². The average molecular weight is 356 g/mol. The first-order valence-corrected chi connectivity index (χ1v) is 8.96. The molecule has 2 aliphatic rings. The smallest absolute Gasteiger partial charge is 0.182 e. The van der Waals surface area contributed by atoms with Gasteiger partial charge in [0, 0.05) is 25.6 Å². The van der Waals surface area contributed by atoms with E-state index in [2.05, 4.69) is 9.88 Å². The van der Waals surface area contributed by atoms with E-state index >= 15 is 0 Å². The van der Waals surface area contributed by atoms with Crippen LogP contribution in [0.2, 0.25) is 0 Å². The average Bonchev–Trinajstić information content (AvgIpc) is 3.15. The molecule has 4 rings (SSSR count). The first-order valence-electron chi connectivity index (χ1n) is 8.96. The Morgan fingerprint density at radius 1 is 1.19 bits per heavy atom. The molecule has 1 aromatic heterocycles. The monoisotopic (exact) mass is 356 g/mol. The summed E-state index contributed by atoms with van der Waals surface area (Å²) in [5.41, 5.74) is 1.58. The van der Waals surface area contributed by atoms with Crippen LogP contribution in [0.15, 0.2) is 36.5 Å². The highest BCUT2D eigenvalue weighted by Gasteiger charge is 2.24. The van der Waals surface area contributed by atoms with E-state index in [4.69, 9.17) is 9.47 Å². The number of nitrogens with zero attached hydrogens (tertiary/aromatic N) is 2. The Labute approximate surface area is 151 Å². The predicted molar refractivity (Wildman–Crippen MR) is 94.4 cm³/mol. The van der Waals surface area contributed by atoms with E-state index in [1.807, 2.05) is 12.1 Å². The predicted octanol–water partition coefficient (Wildman–Crippen LogP) is 3.05. The third-order valence-electron chi connectivity index (χ3n) is 4.98. The zero-order chi connectivity index (χ0) is 17.9. The molecular weight excluding hydrogens is 335 g/mol. The third kappa shape index (κ3) is 3.70. The van der Waals surface area contributed by atoms with Crippen LogP contribution < -0.4 is 9.47 Å². The number of hydrogen-bond donors (Lipinski definition) is 0. The molecule has 0 N–H and O–H groups in total. The van der Waals surface area contributed by atoms with Crippen molar-refractivity contribution in [3.05, 3.63) is 53.6 Å². The minimum absolute atomic E-state index is 0.00667. The molecule has 2 aromatic rings. The minimum Gasteiger partial charge on any atom is -0.486 e. The number of ether oxygens (including phenoxy) is 2. The van der Waals surface area contributed by atoms with Crippen LogP contribution in [-0.2, 0) is 0 Å². The first kappa shape index (κ1) is 17.0. The summed E-state index contributed by atoms with van der Waals surface area (Å²) in [4.78, 5) is 18.9. The second-order valence-corrected chi connectivity index (χ2v) is 6.72. The Balaban J connectivity index is 1.31. The van der Waals surface area contributed by atoms with E-state index in [9.17, 15) is 9.18 Å². The van der Waals surface area contributed by atoms with Crippen molar-refractivity contribution in [1.29, 1.82) is 0 Å². The first-order chi connectivity index (χ1) is 12.7. The summed E-state index contributed by atoms with van der Waals surface area (Å²) in [5, 5.41) is 0. The number of ketones is 1. The molecule has 1 fully saturated rings. The van der Waals surface area contributed by atoms with Gasteiger partial charge in [0.2, 0.25) is 0 Å². The summed E-state index contributed by atoms with van der Waals surface area (Å²) < 4.78 is 24.0. The standard InChI is InChI=1S/C20H21FN2O3/c21-16-3-1-14(2-4-16)15-5-7-23(13-15)8-6-18(24)17-11-19-20(12-22-17)26-10-9-25-19/h1-4,11-12,15H,5-10,13H2. The minimum atomic E-state index is -0.207. The Hall–Kier alpha value is -2.47. The van der Waals surface area contributed by atoms with Gasteiger partial charge >= 0.3 is 0 Å². The number of aromatic nitrogens is 1. The molecule has 0 saturated carbocycles. The van der Waals surface area contributed by atoms with Gasteiger partial charge in [-0.3, -0.25) is 4.79 Å². The van der Waals surface area contributed by atoms with Crippen LogP contribution in [0.4, 0.5) is 4.39 Å². The fraction of sp³-hybridized carbons (Fsp3) is 0.400. The van der Waals surface area contributed by atoms with Crippen LogP contribution in [0.3, 0.4) is 0 Å². The number of pyridine rings is 1. The molecule has 0 bridgehead atoms. The van der Waals surface area contributed by atoms with Gasteiger partial charge < -0.3 is 14.4 Å². The van der Waals surface area contributed by atoms with E-state index in [1.54, 1.807) is 12.3 Å². The normalized spacial score (nSPS) is 19.5. The highest BCUT2D eigenvalue weighted by molar-refractivity contribution is 5.94. The van der Waals surface area contributed by atoms with Crippen molar-refractivity contribution in [2.24, 2.45) is 0 Å². The lowest BCUT2D eigenvalue weighted by Gasteiger charge is -2.18. The van der Waals surface area contributed by atoms with Gasteiger partial charge in [-0.25, -0.2) is 9.37 Å². The molecule has 2 aliphatic heterocycles. The second kappa shape index (κ2) is 7.41. The maximum atomic E-state index is 13.1. The molecule has 1 saturated heterocycles. The van der Waals surface area contributed by atoms with Crippen molar-refractivity contribution in [2.75, 3.05) is 32.8 Å². The molecule has 0 radical (unpaired) electrons. The summed E-state index contributed by atoms with van der Waals surface area (Å²) >= 11 is 0. The molecule has 5 nitrogen and oxygen atoms in total. The van der Waals surface area contributed by atoms with Crippen molar-refractivity contribution in [1.82, 2.24) is 9.88 Å². The number of hydrogen-bond acceptors (Lipinski definition) is 5. The van der Waals surface area contributed by atoms with Gasteiger partial charge in [0.1, 0.15) is 24.7 Å². The van der Waals surface area contributed by atoms with Crippen molar-refractivity contribution in [3.8, 4) is 11.5 Å². The largest absolute Gasteiger partial charge is 0.486 e. The fourth-order valence-electron chi connectivity index (χ4n) is 3.53. The summed E-state index contributed by atoms with van der Waals surface area (Å²) in [5.74, 6) is 1.38. The lowest BCUT2D eigenvalue weighted by atomic mass is 9.99. The van der Waals surface area contributed by atoms with Crippen molar-refractivity contribution >= 4 is 5.78 Å². The number of rotatable bonds is 5. The molecule has 1 atom stereocenters. The quantitative estimate of drug-likeness (QED) is 0.771. The summed E-state index contributed by atoms with van der Waals surface area (Å²) in [7, 11) is 0. The van der Waals surface area contributed by atoms with Crippen LogP contribution >= 0.6 is 0 Å². The topological polar surface area (TPSA) is 51.7 Å². The van der Waals surface area contributed by atoms with E-state index in [0.717, 1.165) is 25.1 Å². The highest BCUT2D eigenvalue weighted by atomic mass is 19.1. The number of fused-ring (bicyclic) bond motifs is 1.